The number of carbonyl (C=O) groups is 2. The van der Waals surface area contributed by atoms with E-state index in [1.54, 1.807) is 11.8 Å². The van der Waals surface area contributed by atoms with Crippen molar-refractivity contribution in [2.45, 2.75) is 70.5 Å². The molecule has 4 rings (SSSR count). The van der Waals surface area contributed by atoms with Crippen molar-refractivity contribution in [2.75, 3.05) is 36.5 Å². The Labute approximate surface area is 192 Å². The van der Waals surface area contributed by atoms with Gasteiger partial charge in [0.25, 0.3) is 0 Å². The highest BCUT2D eigenvalue weighted by molar-refractivity contribution is 5.87. The van der Waals surface area contributed by atoms with E-state index in [1.165, 1.54) is 18.6 Å². The molecule has 2 saturated heterocycles. The molecule has 2 aliphatic heterocycles. The van der Waals surface area contributed by atoms with E-state index < -0.39 is 23.2 Å². The first-order valence-corrected chi connectivity index (χ1v) is 11.9. The van der Waals surface area contributed by atoms with Gasteiger partial charge in [-0.2, -0.15) is 13.2 Å². The molecule has 1 N–H and O–H groups in total. The van der Waals surface area contributed by atoms with Crippen molar-refractivity contribution in [3.05, 3.63) is 23.8 Å². The van der Waals surface area contributed by atoms with E-state index in [0.717, 1.165) is 38.2 Å². The summed E-state index contributed by atoms with van der Waals surface area (Å²) in [6, 6.07) is 4.06. The molecule has 1 aromatic carbocycles. The number of rotatable bonds is 4. The molecule has 1 spiro atoms. The number of amides is 2. The Kier molecular flexibility index (Phi) is 6.77. The number of nitrogens with one attached hydrogen (secondary N) is 1. The van der Waals surface area contributed by atoms with Gasteiger partial charge in [-0.1, -0.05) is 19.3 Å². The number of benzene rings is 1. The molecular weight excluding hydrogens is 435 g/mol. The number of nitrogens with zero attached hydrogens (tertiary/aromatic N) is 2. The van der Waals surface area contributed by atoms with Gasteiger partial charge in [-0.25, -0.2) is 4.79 Å². The van der Waals surface area contributed by atoms with Crippen molar-refractivity contribution in [1.82, 2.24) is 4.90 Å². The third-order valence-electron chi connectivity index (χ3n) is 7.30. The third-order valence-corrected chi connectivity index (χ3v) is 7.30. The lowest BCUT2D eigenvalue weighted by Gasteiger charge is -2.42. The largest absolute Gasteiger partial charge is 0.450 e. The van der Waals surface area contributed by atoms with Crippen LogP contribution in [0.3, 0.4) is 0 Å². The van der Waals surface area contributed by atoms with Gasteiger partial charge in [0.2, 0.25) is 5.91 Å². The Hall–Kier alpha value is -2.45. The van der Waals surface area contributed by atoms with Crippen LogP contribution in [0.15, 0.2) is 18.2 Å². The lowest BCUT2D eigenvalue weighted by atomic mass is 9.78. The molecular formula is C24H32F3N3O3. The number of hydrogen-bond donors (Lipinski definition) is 1. The number of piperidine rings is 1. The normalized spacial score (nSPS) is 24.4. The number of halogens is 3. The molecule has 1 aliphatic carbocycles. The van der Waals surface area contributed by atoms with Crippen LogP contribution < -0.4 is 10.2 Å². The van der Waals surface area contributed by atoms with E-state index in [4.69, 9.17) is 4.74 Å². The van der Waals surface area contributed by atoms with Crippen LogP contribution in [-0.4, -0.2) is 49.2 Å². The molecule has 0 radical (unpaired) electrons. The lowest BCUT2D eigenvalue weighted by molar-refractivity contribution is -0.139. The van der Waals surface area contributed by atoms with E-state index in [2.05, 4.69) is 5.32 Å². The number of alkyl halides is 3. The highest BCUT2D eigenvalue weighted by Crippen LogP contribution is 2.46. The first-order chi connectivity index (χ1) is 15.7. The van der Waals surface area contributed by atoms with Crippen molar-refractivity contribution >= 4 is 23.4 Å². The summed E-state index contributed by atoms with van der Waals surface area (Å²) in [5.41, 5.74) is -1.35. The van der Waals surface area contributed by atoms with Crippen LogP contribution in [0.5, 0.6) is 0 Å². The SMILES string of the molecule is CCOC(=O)Nc1ccc(N2CCC[C@@]3(CCN(C4CCCCC4)C3=O)C2)c(C(F)(F)F)c1. The minimum absolute atomic E-state index is 0.0247. The van der Waals surface area contributed by atoms with Crippen molar-refractivity contribution in [3.8, 4) is 0 Å². The standard InChI is InChI=1S/C24H32F3N3O3/c1-2-33-22(32)28-17-9-10-20(19(15-17)24(25,26)27)29-13-6-11-23(16-29)12-14-30(21(23)31)18-7-4-3-5-8-18/h9-10,15,18H,2-8,11-14,16H2,1H3,(H,28,32)/t23-/m1/s1. The molecule has 3 aliphatic rings. The molecule has 3 fully saturated rings. The van der Waals surface area contributed by atoms with E-state index in [0.29, 0.717) is 32.5 Å². The molecule has 33 heavy (non-hydrogen) atoms. The Morgan fingerprint density at radius 2 is 1.91 bits per heavy atom. The van der Waals surface area contributed by atoms with Crippen LogP contribution in [0.2, 0.25) is 0 Å². The smallest absolute Gasteiger partial charge is 0.418 e. The second-order valence-corrected chi connectivity index (χ2v) is 9.42. The van der Waals surface area contributed by atoms with Crippen molar-refractivity contribution in [1.29, 1.82) is 0 Å². The fraction of sp³-hybridized carbons (Fsp3) is 0.667. The molecule has 0 unspecified atom stereocenters. The molecule has 182 valence electrons. The average Bonchev–Trinajstić information content (AvgIpc) is 3.09. The first-order valence-electron chi connectivity index (χ1n) is 11.9. The summed E-state index contributed by atoms with van der Waals surface area (Å²) in [5.74, 6) is 0.119. The summed E-state index contributed by atoms with van der Waals surface area (Å²) < 4.78 is 46.7. The molecule has 2 heterocycles. The summed E-state index contributed by atoms with van der Waals surface area (Å²) in [6.07, 6.45) is 2.22. The first kappa shape index (κ1) is 23.7. The van der Waals surface area contributed by atoms with Gasteiger partial charge in [0.1, 0.15) is 0 Å². The zero-order valence-electron chi connectivity index (χ0n) is 19.0. The quantitative estimate of drug-likeness (QED) is 0.642. The van der Waals surface area contributed by atoms with Gasteiger partial charge in [-0.15, -0.1) is 0 Å². The van der Waals surface area contributed by atoms with Crippen molar-refractivity contribution in [2.24, 2.45) is 5.41 Å². The minimum atomic E-state index is -4.60. The molecule has 6 nitrogen and oxygen atoms in total. The van der Waals surface area contributed by atoms with Crippen LogP contribution in [0.1, 0.15) is 63.9 Å². The van der Waals surface area contributed by atoms with Gasteiger partial charge in [0.15, 0.2) is 0 Å². The van der Waals surface area contributed by atoms with E-state index >= 15 is 0 Å². The van der Waals surface area contributed by atoms with Crippen LogP contribution in [0.4, 0.5) is 29.3 Å². The fourth-order valence-corrected chi connectivity index (χ4v) is 5.71. The number of hydrogen-bond acceptors (Lipinski definition) is 4. The number of carbonyl (C=O) groups excluding carboxylic acids is 2. The Balaban J connectivity index is 1.56. The Morgan fingerprint density at radius 3 is 2.61 bits per heavy atom. The van der Waals surface area contributed by atoms with Crippen LogP contribution in [-0.2, 0) is 15.7 Å². The van der Waals surface area contributed by atoms with Gasteiger partial charge in [-0.05, 0) is 57.2 Å². The predicted molar refractivity (Wildman–Crippen MR) is 119 cm³/mol. The topological polar surface area (TPSA) is 61.9 Å². The van der Waals surface area contributed by atoms with Gasteiger partial charge in [-0.3, -0.25) is 10.1 Å². The molecule has 0 aromatic heterocycles. The van der Waals surface area contributed by atoms with Crippen molar-refractivity contribution < 1.29 is 27.5 Å². The molecule has 2 amide bonds. The summed E-state index contributed by atoms with van der Waals surface area (Å²) in [7, 11) is 0. The van der Waals surface area contributed by atoms with Crippen LogP contribution in [0.25, 0.3) is 0 Å². The van der Waals surface area contributed by atoms with E-state index in [-0.39, 0.29) is 29.9 Å². The van der Waals surface area contributed by atoms with Gasteiger partial charge < -0.3 is 14.5 Å². The molecule has 0 bridgehead atoms. The zero-order valence-corrected chi connectivity index (χ0v) is 19.0. The molecule has 1 atom stereocenters. The van der Waals surface area contributed by atoms with E-state index in [9.17, 15) is 22.8 Å². The van der Waals surface area contributed by atoms with Gasteiger partial charge in [0, 0.05) is 37.1 Å². The second-order valence-electron chi connectivity index (χ2n) is 9.42. The average molecular weight is 468 g/mol. The van der Waals surface area contributed by atoms with Crippen molar-refractivity contribution in [3.63, 3.8) is 0 Å². The maximum absolute atomic E-state index is 14.0. The summed E-state index contributed by atoms with van der Waals surface area (Å²) in [5, 5.41) is 2.34. The molecule has 1 saturated carbocycles. The highest BCUT2D eigenvalue weighted by atomic mass is 19.4. The fourth-order valence-electron chi connectivity index (χ4n) is 5.71. The van der Waals surface area contributed by atoms with Gasteiger partial charge >= 0.3 is 12.3 Å². The summed E-state index contributed by atoms with van der Waals surface area (Å²) in [4.78, 5) is 28.9. The van der Waals surface area contributed by atoms with E-state index in [1.807, 2.05) is 4.90 Å². The number of likely N-dealkylation sites (tertiary alicyclic amines) is 1. The maximum atomic E-state index is 14.0. The minimum Gasteiger partial charge on any atom is -0.450 e. The second kappa shape index (κ2) is 9.43. The maximum Gasteiger partial charge on any atom is 0.418 e. The molecule has 9 heteroatoms. The van der Waals surface area contributed by atoms with Gasteiger partial charge in [0.05, 0.1) is 17.6 Å². The number of ether oxygens (including phenoxy) is 1. The van der Waals surface area contributed by atoms with Crippen LogP contribution >= 0.6 is 0 Å². The summed E-state index contributed by atoms with van der Waals surface area (Å²) in [6.45, 7) is 3.20. The zero-order chi connectivity index (χ0) is 23.6. The lowest BCUT2D eigenvalue weighted by Crippen LogP contribution is -2.50. The van der Waals surface area contributed by atoms with Crippen LogP contribution in [0, 0.1) is 5.41 Å². The Morgan fingerprint density at radius 1 is 1.15 bits per heavy atom. The summed E-state index contributed by atoms with van der Waals surface area (Å²) >= 11 is 0. The predicted octanol–water partition coefficient (Wildman–Crippen LogP) is 5.43. The highest BCUT2D eigenvalue weighted by Gasteiger charge is 2.51. The Bertz CT molecular complexity index is 885. The monoisotopic (exact) mass is 467 g/mol. The molecule has 1 aromatic rings. The third kappa shape index (κ3) is 4.92. The number of anilines is 2.